The fraction of sp³-hybridized carbons (Fsp3) is 0.462. The Labute approximate surface area is 224 Å². The summed E-state index contributed by atoms with van der Waals surface area (Å²) in [5.74, 6) is -12.6. The average Bonchev–Trinajstić information content (AvgIpc) is 2.84. The predicted molar refractivity (Wildman–Crippen MR) is 127 cm³/mol. The molecular formula is C26H28F8N2O4. The molecule has 2 N–H and O–H groups in total. The molecule has 2 atom stereocenters. The Balaban J connectivity index is 0.000000234. The molecule has 2 fully saturated rings. The number of carbonyl (C=O) groups is 2. The van der Waals surface area contributed by atoms with Gasteiger partial charge in [-0.1, -0.05) is 13.8 Å². The second-order valence-corrected chi connectivity index (χ2v) is 9.24. The summed E-state index contributed by atoms with van der Waals surface area (Å²) in [5, 5.41) is 14.8. The minimum Gasteiger partial charge on any atom is -0.473 e. The molecule has 6 nitrogen and oxygen atoms in total. The first kappa shape index (κ1) is 32.9. The number of carboxylic acids is 2. The van der Waals surface area contributed by atoms with E-state index in [9.17, 15) is 35.1 Å². The maximum atomic E-state index is 13.9. The van der Waals surface area contributed by atoms with Crippen molar-refractivity contribution < 1.29 is 54.9 Å². The van der Waals surface area contributed by atoms with E-state index in [1.807, 2.05) is 23.6 Å². The van der Waals surface area contributed by atoms with Gasteiger partial charge in [-0.3, -0.25) is 0 Å². The summed E-state index contributed by atoms with van der Waals surface area (Å²) < 4.78 is 105. The molecule has 0 saturated carbocycles. The highest BCUT2D eigenvalue weighted by Crippen LogP contribution is 2.35. The summed E-state index contributed by atoms with van der Waals surface area (Å²) in [6.45, 7) is 7.85. The topological polar surface area (TPSA) is 81.1 Å². The van der Waals surface area contributed by atoms with Crippen molar-refractivity contribution in [1.29, 1.82) is 0 Å². The van der Waals surface area contributed by atoms with Gasteiger partial charge in [-0.25, -0.2) is 44.7 Å². The van der Waals surface area contributed by atoms with Gasteiger partial charge in [0, 0.05) is 38.0 Å². The fourth-order valence-electron chi connectivity index (χ4n) is 4.12. The first-order valence-corrected chi connectivity index (χ1v) is 12.2. The van der Waals surface area contributed by atoms with Crippen LogP contribution in [0.2, 0.25) is 0 Å². The molecule has 2 aromatic carbocycles. The van der Waals surface area contributed by atoms with E-state index < -0.39 is 59.2 Å². The van der Waals surface area contributed by atoms with Gasteiger partial charge in [0.15, 0.2) is 34.9 Å². The monoisotopic (exact) mass is 584 g/mol. The lowest BCUT2D eigenvalue weighted by molar-refractivity contribution is -0.159. The van der Waals surface area contributed by atoms with Crippen LogP contribution >= 0.6 is 0 Å². The van der Waals surface area contributed by atoms with Crippen molar-refractivity contribution in [2.75, 3.05) is 39.3 Å². The molecule has 2 saturated heterocycles. The van der Waals surface area contributed by atoms with Crippen LogP contribution in [0.25, 0.3) is 0 Å². The van der Waals surface area contributed by atoms with Gasteiger partial charge in [-0.15, -0.1) is 0 Å². The zero-order valence-corrected chi connectivity index (χ0v) is 21.5. The Bertz CT molecular complexity index is 1050. The quantitative estimate of drug-likeness (QED) is 0.273. The van der Waals surface area contributed by atoms with Crippen molar-refractivity contribution in [3.05, 3.63) is 70.3 Å². The van der Waals surface area contributed by atoms with E-state index in [2.05, 4.69) is 0 Å². The van der Waals surface area contributed by atoms with Crippen molar-refractivity contribution in [1.82, 2.24) is 9.80 Å². The summed E-state index contributed by atoms with van der Waals surface area (Å²) in [4.78, 5) is 22.2. The first-order valence-electron chi connectivity index (χ1n) is 12.2. The molecule has 0 radical (unpaired) electrons. The Morgan fingerprint density at radius 1 is 0.675 bits per heavy atom. The molecule has 0 bridgehead atoms. The van der Waals surface area contributed by atoms with Crippen LogP contribution in [-0.2, 0) is 9.59 Å². The van der Waals surface area contributed by atoms with Crippen LogP contribution in [0.1, 0.15) is 37.3 Å². The van der Waals surface area contributed by atoms with Crippen molar-refractivity contribution in [3.63, 3.8) is 0 Å². The highest BCUT2D eigenvalue weighted by molar-refractivity contribution is 6.27. The standard InChI is InChI=1S/2C12H13F4N.C2H2O4/c2*1-2-17-5-8(6-17)11(15)7-3-9(13)12(16)10(14)4-7;3-1(4)2(5)6/h2*3-4,8,11H,2,5-6H2,1H3;(H,3,4)(H,5,6). The Kier molecular flexibility index (Phi) is 11.9. The van der Waals surface area contributed by atoms with E-state index >= 15 is 0 Å². The molecule has 2 unspecified atom stereocenters. The van der Waals surface area contributed by atoms with Crippen LogP contribution < -0.4 is 0 Å². The third kappa shape index (κ3) is 8.37. The molecule has 0 spiro atoms. The number of carboxylic acid groups (broad SMARTS) is 2. The van der Waals surface area contributed by atoms with Crippen LogP contribution in [0, 0.1) is 46.7 Å². The Morgan fingerprint density at radius 2 is 0.925 bits per heavy atom. The molecule has 4 rings (SSSR count). The van der Waals surface area contributed by atoms with Crippen molar-refractivity contribution in [3.8, 4) is 0 Å². The van der Waals surface area contributed by atoms with Crippen molar-refractivity contribution in [2.45, 2.75) is 26.2 Å². The molecule has 0 aromatic heterocycles. The summed E-state index contributed by atoms with van der Waals surface area (Å²) in [7, 11) is 0. The summed E-state index contributed by atoms with van der Waals surface area (Å²) >= 11 is 0. The summed E-state index contributed by atoms with van der Waals surface area (Å²) in [6.07, 6.45) is -2.88. The van der Waals surface area contributed by atoms with E-state index in [4.69, 9.17) is 19.8 Å². The van der Waals surface area contributed by atoms with Crippen LogP contribution in [0.3, 0.4) is 0 Å². The van der Waals surface area contributed by atoms with E-state index in [1.165, 1.54) is 0 Å². The number of nitrogens with zero attached hydrogens (tertiary/aromatic N) is 2. The van der Waals surface area contributed by atoms with Crippen LogP contribution in [-0.4, -0.2) is 71.2 Å². The lowest BCUT2D eigenvalue weighted by Gasteiger charge is -2.40. The summed E-state index contributed by atoms with van der Waals surface area (Å²) in [6, 6.07) is 2.94. The normalized spacial score (nSPS) is 17.4. The zero-order valence-electron chi connectivity index (χ0n) is 21.5. The molecule has 0 aliphatic carbocycles. The van der Waals surface area contributed by atoms with Crippen LogP contribution in [0.5, 0.6) is 0 Å². The molecule has 2 aliphatic heterocycles. The molecule has 2 heterocycles. The summed E-state index contributed by atoms with van der Waals surface area (Å²) in [5.41, 5.74) is -0.246. The van der Waals surface area contributed by atoms with Gasteiger partial charge in [0.25, 0.3) is 0 Å². The maximum Gasteiger partial charge on any atom is 0.414 e. The number of rotatable bonds is 6. The first-order chi connectivity index (χ1) is 18.7. The highest BCUT2D eigenvalue weighted by Gasteiger charge is 2.35. The molecule has 14 heteroatoms. The third-order valence-corrected chi connectivity index (χ3v) is 6.53. The van der Waals surface area contributed by atoms with Gasteiger partial charge < -0.3 is 20.0 Å². The number of halogens is 8. The maximum absolute atomic E-state index is 13.9. The smallest absolute Gasteiger partial charge is 0.414 e. The Hall–Kier alpha value is -3.26. The minimum absolute atomic E-state index is 0.123. The molecular weight excluding hydrogens is 556 g/mol. The average molecular weight is 585 g/mol. The van der Waals surface area contributed by atoms with Gasteiger partial charge in [-0.05, 0) is 48.5 Å². The number of hydrogen-bond acceptors (Lipinski definition) is 4. The van der Waals surface area contributed by atoms with Gasteiger partial charge >= 0.3 is 11.9 Å². The SMILES string of the molecule is CCN1CC(C(F)c2cc(F)c(F)c(F)c2)C1.CCN1CC(C(F)c2cc(F)c(F)c(F)c2)C1.O=C(O)C(=O)O. The van der Waals surface area contributed by atoms with Crippen LogP contribution in [0.4, 0.5) is 35.1 Å². The molecule has 2 aliphatic rings. The third-order valence-electron chi connectivity index (χ3n) is 6.53. The second-order valence-electron chi connectivity index (χ2n) is 9.24. The molecule has 0 amide bonds. The van der Waals surface area contributed by atoms with Gasteiger partial charge in [-0.2, -0.15) is 0 Å². The lowest BCUT2D eigenvalue weighted by Crippen LogP contribution is -2.48. The predicted octanol–water partition coefficient (Wildman–Crippen LogP) is 5.29. The van der Waals surface area contributed by atoms with E-state index in [0.717, 1.165) is 37.4 Å². The van der Waals surface area contributed by atoms with Crippen molar-refractivity contribution >= 4 is 11.9 Å². The van der Waals surface area contributed by atoms with Gasteiger partial charge in [0.05, 0.1) is 0 Å². The number of likely N-dealkylation sites (tertiary alicyclic amines) is 2. The lowest BCUT2D eigenvalue weighted by atomic mass is 9.90. The van der Waals surface area contributed by atoms with Gasteiger partial charge in [0.2, 0.25) is 0 Å². The fourth-order valence-corrected chi connectivity index (χ4v) is 4.12. The number of hydrogen-bond donors (Lipinski definition) is 2. The molecule has 40 heavy (non-hydrogen) atoms. The number of benzene rings is 2. The molecule has 222 valence electrons. The number of aliphatic carboxylic acids is 2. The number of alkyl halides is 2. The van der Waals surface area contributed by atoms with Gasteiger partial charge in [0.1, 0.15) is 12.3 Å². The minimum atomic E-state index is -1.82. The Morgan fingerprint density at radius 3 is 1.12 bits per heavy atom. The zero-order chi connectivity index (χ0) is 30.3. The van der Waals surface area contributed by atoms with Crippen LogP contribution in [0.15, 0.2) is 24.3 Å². The van der Waals surface area contributed by atoms with E-state index in [1.54, 1.807) is 0 Å². The van der Waals surface area contributed by atoms with E-state index in [0.29, 0.717) is 26.2 Å². The highest BCUT2D eigenvalue weighted by atomic mass is 19.2. The second kappa shape index (κ2) is 14.4. The van der Waals surface area contributed by atoms with Crippen molar-refractivity contribution in [2.24, 2.45) is 11.8 Å². The molecule has 2 aromatic rings. The largest absolute Gasteiger partial charge is 0.473 e. The van der Waals surface area contributed by atoms with E-state index in [-0.39, 0.29) is 23.0 Å².